The first kappa shape index (κ1) is 26.7. The topological polar surface area (TPSA) is 98.7 Å². The van der Waals surface area contributed by atoms with Gasteiger partial charge in [-0.1, -0.05) is 4.85 Å². The summed E-state index contributed by atoms with van der Waals surface area (Å²) in [5, 5.41) is 5.00. The van der Waals surface area contributed by atoms with E-state index in [2.05, 4.69) is 20.5 Å². The second-order valence-electron chi connectivity index (χ2n) is 10.9. The second-order valence-corrected chi connectivity index (χ2v) is 10.9. The number of likely N-dealkylation sites (tertiary alicyclic amines) is 1. The zero-order valence-electron chi connectivity index (χ0n) is 21.3. The molecule has 0 unspecified atom stereocenters. The van der Waals surface area contributed by atoms with Gasteiger partial charge in [0.2, 0.25) is 11.8 Å². The molecular weight excluding hydrogens is 549 g/mol. The average molecular weight is 573 g/mol. The minimum absolute atomic E-state index is 0.0692. The van der Waals surface area contributed by atoms with E-state index >= 15 is 0 Å². The molecule has 2 aliphatic heterocycles. The number of anilines is 1. The Balaban J connectivity index is 1.30. The van der Waals surface area contributed by atoms with Gasteiger partial charge in [-0.05, 0) is 54.3 Å². The summed E-state index contributed by atoms with van der Waals surface area (Å²) < 4.78 is 69.8. The van der Waals surface area contributed by atoms with Crippen molar-refractivity contribution in [3.8, 4) is 6.57 Å². The summed E-state index contributed by atoms with van der Waals surface area (Å²) in [7, 11) is 0. The van der Waals surface area contributed by atoms with Crippen LogP contribution in [0.3, 0.4) is 0 Å². The molecule has 212 valence electrons. The van der Waals surface area contributed by atoms with Crippen molar-refractivity contribution in [2.75, 3.05) is 11.9 Å². The highest BCUT2D eigenvalue weighted by molar-refractivity contribution is 6.07. The highest BCUT2D eigenvalue weighted by Gasteiger charge is 2.60. The van der Waals surface area contributed by atoms with Gasteiger partial charge in [0.05, 0.1) is 11.9 Å². The van der Waals surface area contributed by atoms with Crippen LogP contribution < -0.4 is 10.6 Å². The zero-order valence-corrected chi connectivity index (χ0v) is 21.3. The summed E-state index contributed by atoms with van der Waals surface area (Å²) in [6, 6.07) is 5.30. The summed E-state index contributed by atoms with van der Waals surface area (Å²) in [6.07, 6.45) is -2.25. The Labute approximate surface area is 229 Å². The van der Waals surface area contributed by atoms with Crippen molar-refractivity contribution in [3.05, 3.63) is 70.0 Å². The summed E-state index contributed by atoms with van der Waals surface area (Å²) >= 11 is 0. The standard InChI is InChI=1S/C28H22F5N5O3/c1-34-22-11-27(16-7-14(29)2-5-19(16)37-26(27)41)12-38(22)25(40)21(6-13-9-28(32,33)10-13)36-24(39)20-8-15-17(30)3-4-18(31)23(15)35-20/h1-5,7-8,13,21-22H,6,9-12H2,(H2-,35,36,37,39,41)/p+1/t21-,22-,27-/m0/s1. The number of hydrogen-bond donors (Lipinski definition) is 3. The maximum absolute atomic E-state index is 14.2. The van der Waals surface area contributed by atoms with Crippen LogP contribution in [0, 0.1) is 29.9 Å². The van der Waals surface area contributed by atoms with Crippen LogP contribution >= 0.6 is 0 Å². The van der Waals surface area contributed by atoms with E-state index < -0.39 is 77.5 Å². The zero-order chi connectivity index (χ0) is 29.3. The van der Waals surface area contributed by atoms with Crippen LogP contribution in [0.25, 0.3) is 15.7 Å². The van der Waals surface area contributed by atoms with Gasteiger partial charge in [-0.25, -0.2) is 22.0 Å². The molecular formula is C28H23F5N5O3+. The third-order valence-electron chi connectivity index (χ3n) is 8.25. The Morgan fingerprint density at radius 2 is 1.83 bits per heavy atom. The first-order chi connectivity index (χ1) is 19.4. The molecule has 0 radical (unpaired) electrons. The van der Waals surface area contributed by atoms with E-state index in [9.17, 15) is 36.3 Å². The number of benzene rings is 2. The van der Waals surface area contributed by atoms with Crippen molar-refractivity contribution in [3.63, 3.8) is 0 Å². The van der Waals surface area contributed by atoms with Crippen molar-refractivity contribution in [2.45, 2.75) is 49.2 Å². The van der Waals surface area contributed by atoms with E-state index in [4.69, 9.17) is 6.57 Å². The molecule has 2 aromatic carbocycles. The third-order valence-corrected chi connectivity index (χ3v) is 8.25. The fourth-order valence-electron chi connectivity index (χ4n) is 6.20. The van der Waals surface area contributed by atoms with Crippen LogP contribution in [0.2, 0.25) is 0 Å². The van der Waals surface area contributed by atoms with Gasteiger partial charge in [0, 0.05) is 30.5 Å². The van der Waals surface area contributed by atoms with Gasteiger partial charge in [-0.3, -0.25) is 19.3 Å². The lowest BCUT2D eigenvalue weighted by molar-refractivity contribution is -0.138. The van der Waals surface area contributed by atoms with Gasteiger partial charge in [0.1, 0.15) is 34.6 Å². The lowest BCUT2D eigenvalue weighted by atomic mass is 9.77. The van der Waals surface area contributed by atoms with Gasteiger partial charge < -0.3 is 15.6 Å². The molecule has 3 heterocycles. The quantitative estimate of drug-likeness (QED) is 0.392. The molecule has 1 saturated heterocycles. The van der Waals surface area contributed by atoms with Crippen LogP contribution in [0.15, 0.2) is 36.4 Å². The number of halogens is 5. The highest BCUT2D eigenvalue weighted by Crippen LogP contribution is 2.48. The number of hydrogen-bond acceptors (Lipinski definition) is 3. The van der Waals surface area contributed by atoms with Crippen LogP contribution in [-0.2, 0) is 15.0 Å². The van der Waals surface area contributed by atoms with E-state index in [0.29, 0.717) is 11.3 Å². The number of alkyl halides is 2. The highest BCUT2D eigenvalue weighted by atomic mass is 19.3. The fourth-order valence-corrected chi connectivity index (χ4v) is 6.20. The van der Waals surface area contributed by atoms with Gasteiger partial charge in [-0.2, -0.15) is 0 Å². The van der Waals surface area contributed by atoms with Crippen LogP contribution in [0.5, 0.6) is 0 Å². The third kappa shape index (κ3) is 4.38. The maximum Gasteiger partial charge on any atom is 0.350 e. The number of nitrogens with zero attached hydrogens (tertiary/aromatic N) is 2. The minimum Gasteiger partial charge on any atom is -0.348 e. The molecule has 3 N–H and O–H groups in total. The SMILES string of the molecule is C#[N+][C@@H]1C[C@@]2(CN1C(=O)[C@H](CC1CC(F)(F)C1)NC(=O)c1cc3c(F)ccc(F)c3[nH]1)C(=O)Nc1ccc(F)cc12. The predicted molar refractivity (Wildman–Crippen MR) is 137 cm³/mol. The summed E-state index contributed by atoms with van der Waals surface area (Å²) in [6.45, 7) is 5.35. The van der Waals surface area contributed by atoms with E-state index in [1.165, 1.54) is 23.1 Å². The molecule has 3 atom stereocenters. The minimum atomic E-state index is -2.89. The molecule has 2 fully saturated rings. The first-order valence-electron chi connectivity index (χ1n) is 12.9. The monoisotopic (exact) mass is 572 g/mol. The molecule has 1 aromatic heterocycles. The van der Waals surface area contributed by atoms with Crippen molar-refractivity contribution in [1.82, 2.24) is 15.2 Å². The number of rotatable bonds is 5. The van der Waals surface area contributed by atoms with Gasteiger partial charge in [0.25, 0.3) is 18.4 Å². The molecule has 3 aromatic rings. The number of aromatic amines is 1. The average Bonchev–Trinajstić information content (AvgIpc) is 3.60. The number of carbonyl (C=O) groups is 3. The van der Waals surface area contributed by atoms with Gasteiger partial charge >= 0.3 is 6.17 Å². The predicted octanol–water partition coefficient (Wildman–Crippen LogP) is 4.53. The summed E-state index contributed by atoms with van der Waals surface area (Å²) in [5.41, 5.74) is -1.17. The Morgan fingerprint density at radius 3 is 2.51 bits per heavy atom. The Kier molecular flexibility index (Phi) is 6.06. The summed E-state index contributed by atoms with van der Waals surface area (Å²) in [4.78, 5) is 47.6. The first-order valence-corrected chi connectivity index (χ1v) is 12.9. The van der Waals surface area contributed by atoms with Crippen molar-refractivity contribution < 1.29 is 36.3 Å². The van der Waals surface area contributed by atoms with E-state index in [-0.39, 0.29) is 36.0 Å². The van der Waals surface area contributed by atoms with E-state index in [1.807, 2.05) is 0 Å². The Hall–Kier alpha value is -4.47. The smallest absolute Gasteiger partial charge is 0.348 e. The van der Waals surface area contributed by atoms with Crippen molar-refractivity contribution in [1.29, 1.82) is 0 Å². The Morgan fingerprint density at radius 1 is 1.10 bits per heavy atom. The lowest BCUT2D eigenvalue weighted by Crippen LogP contribution is -2.52. The van der Waals surface area contributed by atoms with Crippen LogP contribution in [-0.4, -0.2) is 52.3 Å². The lowest BCUT2D eigenvalue weighted by Gasteiger charge is -2.37. The molecule has 1 saturated carbocycles. The molecule has 1 spiro atoms. The fraction of sp³-hybridized carbons (Fsp3) is 0.357. The maximum atomic E-state index is 14.2. The van der Waals surface area contributed by atoms with Crippen molar-refractivity contribution >= 4 is 34.3 Å². The normalized spacial score (nSPS) is 23.7. The number of H-pyrrole nitrogens is 1. The molecule has 41 heavy (non-hydrogen) atoms. The molecule has 13 heteroatoms. The molecule has 3 aliphatic rings. The summed E-state index contributed by atoms with van der Waals surface area (Å²) in [5.74, 6) is -7.78. The van der Waals surface area contributed by atoms with E-state index in [1.54, 1.807) is 0 Å². The molecule has 8 nitrogen and oxygen atoms in total. The van der Waals surface area contributed by atoms with Crippen LogP contribution in [0.1, 0.15) is 41.7 Å². The molecule has 6 rings (SSSR count). The number of fused-ring (bicyclic) bond motifs is 3. The number of amides is 3. The number of carbonyl (C=O) groups excluding carboxylic acids is 3. The number of aromatic nitrogens is 1. The van der Waals surface area contributed by atoms with Gasteiger partial charge in [0.15, 0.2) is 0 Å². The van der Waals surface area contributed by atoms with Gasteiger partial charge in [-0.15, -0.1) is 0 Å². The molecule has 1 aliphatic carbocycles. The largest absolute Gasteiger partial charge is 0.350 e. The Bertz CT molecular complexity index is 1620. The number of nitrogens with one attached hydrogen (secondary N) is 3. The van der Waals surface area contributed by atoms with Crippen LogP contribution in [0.4, 0.5) is 27.6 Å². The van der Waals surface area contributed by atoms with E-state index in [0.717, 1.165) is 18.2 Å². The second kappa shape index (κ2) is 9.29. The molecule has 3 amide bonds. The molecule has 0 bridgehead atoms. The van der Waals surface area contributed by atoms with Crippen molar-refractivity contribution in [2.24, 2.45) is 5.92 Å².